The van der Waals surface area contributed by atoms with Gasteiger partial charge in [0, 0.05) is 68.2 Å². The first kappa shape index (κ1) is 44.6. The summed E-state index contributed by atoms with van der Waals surface area (Å²) >= 11 is 0. The molecule has 3 aromatic carbocycles. The predicted molar refractivity (Wildman–Crippen MR) is 248 cm³/mol. The van der Waals surface area contributed by atoms with Crippen molar-refractivity contribution in [3.63, 3.8) is 0 Å². The second kappa shape index (κ2) is 17.7. The third-order valence-corrected chi connectivity index (χ3v) is 15.9. The van der Waals surface area contributed by atoms with Crippen LogP contribution in [0.1, 0.15) is 112 Å². The van der Waals surface area contributed by atoms with E-state index in [1.807, 2.05) is 0 Å². The minimum Gasteiger partial charge on any atom is -0.452 e. The van der Waals surface area contributed by atoms with Crippen LogP contribution in [-0.2, 0) is 10.0 Å². The number of ether oxygens (including phenoxy) is 1. The number of sulfonamides is 1. The lowest BCUT2D eigenvalue weighted by Crippen LogP contribution is -2.63. The van der Waals surface area contributed by atoms with E-state index in [1.54, 1.807) is 31.3 Å². The van der Waals surface area contributed by atoms with Crippen LogP contribution in [-0.4, -0.2) is 83.6 Å². The molecule has 0 unspecified atom stereocenters. The van der Waals surface area contributed by atoms with E-state index in [2.05, 4.69) is 67.9 Å². The van der Waals surface area contributed by atoms with Gasteiger partial charge in [-0.3, -0.25) is 19.8 Å². The summed E-state index contributed by atoms with van der Waals surface area (Å²) in [5.74, 6) is -1.10. The Kier molecular flexibility index (Phi) is 12.1. The molecular weight excluding hydrogens is 850 g/mol. The molecule has 344 valence electrons. The van der Waals surface area contributed by atoms with Crippen molar-refractivity contribution in [2.24, 2.45) is 11.3 Å². The van der Waals surface area contributed by atoms with E-state index >= 15 is 4.39 Å². The van der Waals surface area contributed by atoms with Crippen molar-refractivity contribution in [1.82, 2.24) is 19.6 Å². The topological polar surface area (TPSA) is 183 Å². The molecule has 0 radical (unpaired) electrons. The van der Waals surface area contributed by atoms with Gasteiger partial charge in [-0.1, -0.05) is 44.5 Å². The number of rotatable bonds is 13. The molecule has 65 heavy (non-hydrogen) atoms. The van der Waals surface area contributed by atoms with Crippen LogP contribution >= 0.6 is 0 Å². The van der Waals surface area contributed by atoms with Crippen LogP contribution in [0.5, 0.6) is 11.5 Å². The van der Waals surface area contributed by atoms with Crippen molar-refractivity contribution >= 4 is 44.0 Å². The highest BCUT2D eigenvalue weighted by Crippen LogP contribution is 2.49. The van der Waals surface area contributed by atoms with Crippen molar-refractivity contribution in [3.05, 3.63) is 112 Å². The number of benzene rings is 3. The van der Waals surface area contributed by atoms with E-state index in [0.717, 1.165) is 63.6 Å². The van der Waals surface area contributed by atoms with Crippen molar-refractivity contribution < 1.29 is 32.4 Å². The standard InChI is InChI=1S/C49H58FN7O7S/c1-31(2)36-7-4-5-8-37(36)38-9-6-10-41(38)56-29-49(30-56)20-23-55(24-21-49)34-11-13-39(43(26-34)64-44-25-33-17-22-51-46(33)53-45(44)50)47(58)54-65(62,63)35-12-14-40(42(27-35)57(60)61)52-28-32-15-18-48(3,59)19-16-32/h4-5,7-8,11-14,17,22,25-27,31-32,38,41,52,59H,6,9-10,15-16,18-21,23-24,28-30H2,1-3H3,(H,51,53)(H,54,58)/t32?,38-,41-,48?/m1/s1. The van der Waals surface area contributed by atoms with Crippen LogP contribution in [0, 0.1) is 27.4 Å². The molecule has 9 rings (SSSR count). The highest BCUT2D eigenvalue weighted by atomic mass is 32.2. The maximum atomic E-state index is 15.4. The van der Waals surface area contributed by atoms with Crippen molar-refractivity contribution in [2.45, 2.75) is 107 Å². The Morgan fingerprint density at radius 3 is 2.49 bits per heavy atom. The van der Waals surface area contributed by atoms with Crippen molar-refractivity contribution in [3.8, 4) is 11.5 Å². The number of nitro benzene ring substituents is 1. The number of anilines is 2. The fourth-order valence-corrected chi connectivity index (χ4v) is 11.8. The summed E-state index contributed by atoms with van der Waals surface area (Å²) in [6.45, 7) is 10.4. The number of aromatic nitrogens is 2. The lowest BCUT2D eigenvalue weighted by molar-refractivity contribution is -0.384. The quantitative estimate of drug-likeness (QED) is 0.0502. The maximum Gasteiger partial charge on any atom is 0.293 e. The molecule has 5 aromatic rings. The van der Waals surface area contributed by atoms with Crippen LogP contribution in [0.25, 0.3) is 11.0 Å². The first-order chi connectivity index (χ1) is 31.1. The molecule has 2 aliphatic heterocycles. The number of likely N-dealkylation sites (tertiary alicyclic amines) is 1. The van der Waals surface area contributed by atoms with Gasteiger partial charge in [-0.25, -0.2) is 13.1 Å². The molecule has 2 saturated heterocycles. The molecular formula is C49H58FN7O7S. The van der Waals surface area contributed by atoms with Crippen molar-refractivity contribution in [2.75, 3.05) is 42.9 Å². The molecule has 1 spiro atoms. The Bertz CT molecular complexity index is 2700. The SMILES string of the molecule is CC(C)c1ccccc1[C@H]1CCC[C@H]1N1CC2(CCN(c3ccc(C(=O)NS(=O)(=O)c4ccc(NCC5CCC(C)(O)CC5)c([N+](=O)[O-])c4)c(Oc4cc5cc[nH]c5nc4F)c3)CC2)C1. The fraction of sp³-hybridized carbons (Fsp3) is 0.469. The van der Waals surface area contributed by atoms with E-state index in [9.17, 15) is 28.4 Å². The first-order valence-corrected chi connectivity index (χ1v) is 24.4. The molecule has 1 amide bonds. The van der Waals surface area contributed by atoms with Crippen LogP contribution < -0.4 is 19.7 Å². The number of aliphatic hydroxyl groups is 1. The number of nitrogens with zero attached hydrogens (tertiary/aromatic N) is 4. The molecule has 2 atom stereocenters. The van der Waals surface area contributed by atoms with Crippen LogP contribution in [0.15, 0.2) is 83.9 Å². The largest absolute Gasteiger partial charge is 0.452 e. The normalized spacial score (nSPS) is 23.4. The van der Waals surface area contributed by atoms with E-state index in [-0.39, 0.29) is 34.1 Å². The van der Waals surface area contributed by atoms with Crippen molar-refractivity contribution in [1.29, 1.82) is 0 Å². The summed E-state index contributed by atoms with van der Waals surface area (Å²) in [6, 6.07) is 20.9. The number of piperidine rings is 1. The Morgan fingerprint density at radius 1 is 1.00 bits per heavy atom. The van der Waals surface area contributed by atoms with E-state index in [1.165, 1.54) is 54.7 Å². The smallest absolute Gasteiger partial charge is 0.293 e. The number of aromatic amines is 1. The second-order valence-corrected chi connectivity index (χ2v) is 21.1. The number of pyridine rings is 1. The van der Waals surface area contributed by atoms with Gasteiger partial charge in [0.05, 0.1) is 21.0 Å². The lowest BCUT2D eigenvalue weighted by Gasteiger charge is -2.57. The fourth-order valence-electron chi connectivity index (χ4n) is 10.8. The molecule has 2 aliphatic carbocycles. The number of carbonyl (C=O) groups excluding carboxylic acids is 1. The summed E-state index contributed by atoms with van der Waals surface area (Å²) in [7, 11) is -4.64. The van der Waals surface area contributed by atoms with E-state index < -0.39 is 43.0 Å². The first-order valence-electron chi connectivity index (χ1n) is 22.9. The van der Waals surface area contributed by atoms with Gasteiger partial charge in [-0.15, -0.1) is 0 Å². The maximum absolute atomic E-state index is 15.4. The molecule has 16 heteroatoms. The number of amides is 1. The number of carbonyl (C=O) groups is 1. The summed E-state index contributed by atoms with van der Waals surface area (Å²) < 4.78 is 51.0. The van der Waals surface area contributed by atoms with E-state index in [0.29, 0.717) is 48.3 Å². The molecule has 2 saturated carbocycles. The van der Waals surface area contributed by atoms with Crippen LogP contribution in [0.2, 0.25) is 0 Å². The zero-order chi connectivity index (χ0) is 45.7. The van der Waals surface area contributed by atoms with Gasteiger partial charge in [-0.2, -0.15) is 9.37 Å². The number of H-pyrrole nitrogens is 1. The van der Waals surface area contributed by atoms with Gasteiger partial charge in [0.25, 0.3) is 27.6 Å². The number of nitro groups is 1. The summed E-state index contributed by atoms with van der Waals surface area (Å²) in [5.41, 5.74) is 3.00. The van der Waals surface area contributed by atoms with Crippen LogP contribution in [0.4, 0.5) is 21.5 Å². The second-order valence-electron chi connectivity index (χ2n) is 19.4. The monoisotopic (exact) mass is 907 g/mol. The Hall–Kier alpha value is -5.58. The average Bonchev–Trinajstić information content (AvgIpc) is 3.95. The predicted octanol–water partition coefficient (Wildman–Crippen LogP) is 9.24. The molecule has 4 aliphatic rings. The summed E-state index contributed by atoms with van der Waals surface area (Å²) in [5, 5.41) is 26.1. The molecule has 4 heterocycles. The van der Waals surface area contributed by atoms with Gasteiger partial charge in [0.1, 0.15) is 17.1 Å². The average molecular weight is 908 g/mol. The Labute approximate surface area is 379 Å². The number of fused-ring (bicyclic) bond motifs is 1. The van der Waals surface area contributed by atoms with E-state index in [4.69, 9.17) is 4.74 Å². The third-order valence-electron chi connectivity index (χ3n) is 14.6. The van der Waals surface area contributed by atoms with Gasteiger partial charge < -0.3 is 25.0 Å². The highest BCUT2D eigenvalue weighted by Gasteiger charge is 2.49. The summed E-state index contributed by atoms with van der Waals surface area (Å²) in [4.78, 5) is 36.7. The van der Waals surface area contributed by atoms with Gasteiger partial charge in [0.15, 0.2) is 5.75 Å². The molecule has 14 nitrogen and oxygen atoms in total. The van der Waals surface area contributed by atoms with Gasteiger partial charge in [-0.05, 0) is 129 Å². The third kappa shape index (κ3) is 9.30. The zero-order valence-electron chi connectivity index (χ0n) is 37.2. The number of halogens is 1. The summed E-state index contributed by atoms with van der Waals surface area (Å²) in [6.07, 6.45) is 9.98. The molecule has 4 fully saturated rings. The van der Waals surface area contributed by atoms with Crippen LogP contribution in [0.3, 0.4) is 0 Å². The lowest BCUT2D eigenvalue weighted by atomic mass is 9.70. The minimum absolute atomic E-state index is 0.0791. The highest BCUT2D eigenvalue weighted by molar-refractivity contribution is 7.90. The van der Waals surface area contributed by atoms with Gasteiger partial charge >= 0.3 is 0 Å². The molecule has 4 N–H and O–H groups in total. The molecule has 0 bridgehead atoms. The Morgan fingerprint density at radius 2 is 1.75 bits per heavy atom. The zero-order valence-corrected chi connectivity index (χ0v) is 38.0. The van der Waals surface area contributed by atoms with Gasteiger partial charge in [0.2, 0.25) is 0 Å². The molecule has 2 aromatic heterocycles. The number of hydrogen-bond donors (Lipinski definition) is 4. The number of nitrogens with one attached hydrogen (secondary N) is 3. The Balaban J connectivity index is 0.908. The number of hydrogen-bond acceptors (Lipinski definition) is 11. The minimum atomic E-state index is -4.64.